The summed E-state index contributed by atoms with van der Waals surface area (Å²) in [5.41, 5.74) is 2.00. The number of hydrogen-bond donors (Lipinski definition) is 0. The summed E-state index contributed by atoms with van der Waals surface area (Å²) in [6.07, 6.45) is 1.56. The van der Waals surface area contributed by atoms with Crippen LogP contribution in [0.4, 0.5) is 8.78 Å². The lowest BCUT2D eigenvalue weighted by Gasteiger charge is -2.31. The summed E-state index contributed by atoms with van der Waals surface area (Å²) in [6, 6.07) is 10.7. The molecule has 0 unspecified atom stereocenters. The number of rotatable bonds is 4. The molecular weight excluding hydrogens is 384 g/mol. The zero-order valence-electron chi connectivity index (χ0n) is 15.5. The largest absolute Gasteiger partial charge is 0.331 e. The fourth-order valence-electron chi connectivity index (χ4n) is 3.93. The first kappa shape index (κ1) is 19.0. The molecule has 4 rings (SSSR count). The van der Waals surface area contributed by atoms with E-state index in [0.29, 0.717) is 19.5 Å². The maximum atomic E-state index is 13.4. The van der Waals surface area contributed by atoms with Gasteiger partial charge in [0.2, 0.25) is 10.0 Å². The Morgan fingerprint density at radius 2 is 1.86 bits per heavy atom. The van der Waals surface area contributed by atoms with Gasteiger partial charge in [0, 0.05) is 32.1 Å². The van der Waals surface area contributed by atoms with Gasteiger partial charge in [0.15, 0.2) is 0 Å². The number of imidazole rings is 1. The van der Waals surface area contributed by atoms with Crippen LogP contribution in [0.5, 0.6) is 0 Å². The number of fused-ring (bicyclic) bond motifs is 1. The summed E-state index contributed by atoms with van der Waals surface area (Å²) >= 11 is 0. The van der Waals surface area contributed by atoms with Crippen LogP contribution < -0.4 is 0 Å². The van der Waals surface area contributed by atoms with Crippen molar-refractivity contribution in [3.63, 3.8) is 0 Å². The fourth-order valence-corrected chi connectivity index (χ4v) is 5.52. The minimum atomic E-state index is -3.69. The van der Waals surface area contributed by atoms with Crippen LogP contribution >= 0.6 is 0 Å². The summed E-state index contributed by atoms with van der Waals surface area (Å²) in [4.78, 5) is 4.70. The second-order valence-corrected chi connectivity index (χ2v) is 9.22. The number of piperidine rings is 1. The third-order valence-corrected chi connectivity index (χ3v) is 7.05. The summed E-state index contributed by atoms with van der Waals surface area (Å²) in [7, 11) is -1.75. The van der Waals surface area contributed by atoms with Gasteiger partial charge in [-0.3, -0.25) is 0 Å². The lowest BCUT2D eigenvalue weighted by atomic mass is 9.99. The maximum Gasteiger partial charge on any atom is 0.218 e. The number of sulfonamides is 1. The van der Waals surface area contributed by atoms with Crippen molar-refractivity contribution in [1.82, 2.24) is 13.9 Å². The predicted octanol–water partition coefficient (Wildman–Crippen LogP) is 3.56. The number of benzene rings is 2. The highest BCUT2D eigenvalue weighted by molar-refractivity contribution is 7.88. The molecule has 0 saturated carbocycles. The van der Waals surface area contributed by atoms with Gasteiger partial charge < -0.3 is 4.57 Å². The number of hydrogen-bond acceptors (Lipinski definition) is 3. The van der Waals surface area contributed by atoms with Gasteiger partial charge in [0.05, 0.1) is 16.8 Å². The first-order valence-corrected chi connectivity index (χ1v) is 10.8. The Balaban J connectivity index is 1.58. The highest BCUT2D eigenvalue weighted by Gasteiger charge is 2.32. The highest BCUT2D eigenvalue weighted by atomic mass is 32.2. The summed E-state index contributed by atoms with van der Waals surface area (Å²) in [5.74, 6) is -1.14. The van der Waals surface area contributed by atoms with Crippen molar-refractivity contribution >= 4 is 21.1 Å². The minimum Gasteiger partial charge on any atom is -0.331 e. The molecule has 0 N–H and O–H groups in total. The molecule has 0 bridgehead atoms. The maximum absolute atomic E-state index is 13.4. The molecule has 0 radical (unpaired) electrons. The van der Waals surface area contributed by atoms with Crippen molar-refractivity contribution in [2.24, 2.45) is 7.05 Å². The van der Waals surface area contributed by atoms with Gasteiger partial charge >= 0.3 is 0 Å². The average Bonchev–Trinajstić information content (AvgIpc) is 2.98. The van der Waals surface area contributed by atoms with Crippen LogP contribution in [0, 0.1) is 11.6 Å². The van der Waals surface area contributed by atoms with Crippen LogP contribution in [0.3, 0.4) is 0 Å². The van der Waals surface area contributed by atoms with Crippen molar-refractivity contribution < 1.29 is 17.2 Å². The van der Waals surface area contributed by atoms with E-state index >= 15 is 0 Å². The lowest BCUT2D eigenvalue weighted by Crippen LogP contribution is -2.40. The summed E-state index contributed by atoms with van der Waals surface area (Å²) < 4.78 is 56.0. The topological polar surface area (TPSA) is 55.2 Å². The van der Waals surface area contributed by atoms with Gasteiger partial charge in [-0.25, -0.2) is 26.5 Å². The fraction of sp³-hybridized carbons (Fsp3) is 0.350. The molecule has 28 heavy (non-hydrogen) atoms. The molecule has 1 aliphatic heterocycles. The normalized spacial score (nSPS) is 18.6. The van der Waals surface area contributed by atoms with E-state index in [1.807, 2.05) is 35.9 Å². The van der Waals surface area contributed by atoms with E-state index in [1.165, 1.54) is 4.31 Å². The second kappa shape index (κ2) is 7.25. The SMILES string of the molecule is Cn1c([C@@H]2CCCN(S(=O)(=O)Cc3cc(F)cc(F)c3)C2)nc2ccccc21. The van der Waals surface area contributed by atoms with Crippen LogP contribution in [0.15, 0.2) is 42.5 Å². The third kappa shape index (κ3) is 3.66. The van der Waals surface area contributed by atoms with Crippen molar-refractivity contribution in [2.45, 2.75) is 24.5 Å². The van der Waals surface area contributed by atoms with Crippen molar-refractivity contribution in [3.8, 4) is 0 Å². The van der Waals surface area contributed by atoms with Gasteiger partial charge in [-0.2, -0.15) is 0 Å². The Hall–Kier alpha value is -2.32. The number of aromatic nitrogens is 2. The molecule has 148 valence electrons. The number of aryl methyl sites for hydroxylation is 1. The van der Waals surface area contributed by atoms with Crippen LogP contribution in [-0.4, -0.2) is 35.4 Å². The first-order chi connectivity index (χ1) is 13.3. The Bertz CT molecular complexity index is 1110. The van der Waals surface area contributed by atoms with E-state index in [1.54, 1.807) is 0 Å². The molecule has 2 aromatic carbocycles. The monoisotopic (exact) mass is 405 g/mol. The van der Waals surface area contributed by atoms with E-state index < -0.39 is 27.4 Å². The second-order valence-electron chi connectivity index (χ2n) is 7.25. The number of nitrogens with zero attached hydrogens (tertiary/aromatic N) is 3. The van der Waals surface area contributed by atoms with E-state index in [-0.39, 0.29) is 11.5 Å². The molecule has 5 nitrogen and oxygen atoms in total. The summed E-state index contributed by atoms with van der Waals surface area (Å²) in [5, 5.41) is 0. The van der Waals surface area contributed by atoms with Crippen molar-refractivity contribution in [1.29, 1.82) is 0 Å². The highest BCUT2D eigenvalue weighted by Crippen LogP contribution is 2.30. The molecule has 0 aliphatic carbocycles. The number of para-hydroxylation sites is 2. The zero-order valence-corrected chi connectivity index (χ0v) is 16.3. The molecule has 1 fully saturated rings. The van der Waals surface area contributed by atoms with Gasteiger partial charge in [0.1, 0.15) is 17.5 Å². The molecule has 8 heteroatoms. The molecular formula is C20H21F2N3O2S. The molecule has 0 amide bonds. The van der Waals surface area contributed by atoms with E-state index in [2.05, 4.69) is 0 Å². The van der Waals surface area contributed by atoms with Crippen molar-refractivity contribution in [2.75, 3.05) is 13.1 Å². The van der Waals surface area contributed by atoms with Gasteiger partial charge in [0.25, 0.3) is 0 Å². The first-order valence-electron chi connectivity index (χ1n) is 9.17. The number of halogens is 2. The van der Waals surface area contributed by atoms with Gasteiger partial charge in [-0.15, -0.1) is 0 Å². The van der Waals surface area contributed by atoms with Gasteiger partial charge in [-0.05, 0) is 42.7 Å². The molecule has 1 aliphatic rings. The Kier molecular flexibility index (Phi) is 4.93. The van der Waals surface area contributed by atoms with E-state index in [0.717, 1.165) is 41.5 Å². The minimum absolute atomic E-state index is 0.0230. The van der Waals surface area contributed by atoms with E-state index in [4.69, 9.17) is 4.98 Å². The Morgan fingerprint density at radius 1 is 1.14 bits per heavy atom. The molecule has 1 atom stereocenters. The average molecular weight is 405 g/mol. The third-order valence-electron chi connectivity index (χ3n) is 5.24. The molecule has 0 spiro atoms. The standard InChI is InChI=1S/C20H21F2N3O2S/c1-24-19-7-3-2-6-18(19)23-20(24)15-5-4-8-25(12-15)28(26,27)13-14-9-16(21)11-17(22)10-14/h2-3,6-7,9-11,15H,4-5,8,12-13H2,1H3/t15-/m1/s1. The Labute approximate surface area is 162 Å². The molecule has 3 aromatic rings. The smallest absolute Gasteiger partial charge is 0.218 e. The van der Waals surface area contributed by atoms with Crippen molar-refractivity contribution in [3.05, 3.63) is 65.5 Å². The quantitative estimate of drug-likeness (QED) is 0.667. The Morgan fingerprint density at radius 3 is 2.57 bits per heavy atom. The lowest BCUT2D eigenvalue weighted by molar-refractivity contribution is 0.306. The van der Waals surface area contributed by atoms with Gasteiger partial charge in [-0.1, -0.05) is 12.1 Å². The summed E-state index contributed by atoms with van der Waals surface area (Å²) in [6.45, 7) is 0.720. The predicted molar refractivity (Wildman–Crippen MR) is 103 cm³/mol. The molecule has 2 heterocycles. The van der Waals surface area contributed by atoms with E-state index in [9.17, 15) is 17.2 Å². The molecule has 1 aromatic heterocycles. The zero-order chi connectivity index (χ0) is 19.9. The van der Waals surface area contributed by atoms with Crippen LogP contribution in [0.25, 0.3) is 11.0 Å². The van der Waals surface area contributed by atoms with Crippen LogP contribution in [-0.2, 0) is 22.8 Å². The van der Waals surface area contributed by atoms with Crippen LogP contribution in [0.1, 0.15) is 30.1 Å². The van der Waals surface area contributed by atoms with Crippen LogP contribution in [0.2, 0.25) is 0 Å². The molecule has 1 saturated heterocycles.